The quantitative estimate of drug-likeness (QED) is 0.648. The van der Waals surface area contributed by atoms with Gasteiger partial charge in [0, 0.05) is 13.1 Å². The van der Waals surface area contributed by atoms with E-state index in [-0.39, 0.29) is 6.04 Å². The minimum absolute atomic E-state index is 0.173. The van der Waals surface area contributed by atoms with E-state index in [0.29, 0.717) is 11.4 Å². The second kappa shape index (κ2) is 6.61. The number of aryl methyl sites for hydroxylation is 1. The second-order valence-corrected chi connectivity index (χ2v) is 5.75. The molecule has 1 saturated carbocycles. The van der Waals surface area contributed by atoms with Gasteiger partial charge >= 0.3 is 11.8 Å². The molecule has 0 radical (unpaired) electrons. The zero-order valence-corrected chi connectivity index (χ0v) is 12.7. The molecule has 1 aliphatic carbocycles. The molecule has 114 valence electrons. The van der Waals surface area contributed by atoms with Gasteiger partial charge in [0.2, 0.25) is 0 Å². The molecule has 0 spiro atoms. The Bertz CT molecular complexity index is 536. The van der Waals surface area contributed by atoms with Crippen molar-refractivity contribution in [2.75, 3.05) is 18.1 Å². The average Bonchev–Trinajstić information content (AvgIpc) is 2.49. The number of nitrogens with two attached hydrogens (primary N) is 1. The van der Waals surface area contributed by atoms with Crippen LogP contribution in [0.1, 0.15) is 37.7 Å². The topological polar surface area (TPSA) is 75.4 Å². The summed E-state index contributed by atoms with van der Waals surface area (Å²) < 4.78 is 0. The predicted molar refractivity (Wildman–Crippen MR) is 83.9 cm³/mol. The Kier molecular flexibility index (Phi) is 4.83. The number of carbonyl (C=O) groups excluding carboxylic acids is 2. The standard InChI is InChI=1S/C16H23N3O2/c1-11-8-9-14(13(17)10-11)18-15(20)16(21)19(2)12-6-4-3-5-7-12/h8-10,12H,3-7,17H2,1-2H3,(H,18,20). The van der Waals surface area contributed by atoms with E-state index in [1.54, 1.807) is 24.1 Å². The number of hydrogen-bond donors (Lipinski definition) is 2. The van der Waals surface area contributed by atoms with Crippen LogP contribution in [0.3, 0.4) is 0 Å². The third kappa shape index (κ3) is 3.74. The molecule has 0 aliphatic heterocycles. The van der Waals surface area contributed by atoms with Crippen LogP contribution >= 0.6 is 0 Å². The largest absolute Gasteiger partial charge is 0.397 e. The molecule has 1 aliphatic rings. The fourth-order valence-corrected chi connectivity index (χ4v) is 2.77. The Labute approximate surface area is 125 Å². The number of hydrogen-bond acceptors (Lipinski definition) is 3. The van der Waals surface area contributed by atoms with Crippen LogP contribution in [-0.2, 0) is 9.59 Å². The highest BCUT2D eigenvalue weighted by molar-refractivity contribution is 6.39. The lowest BCUT2D eigenvalue weighted by Crippen LogP contribution is -2.44. The van der Waals surface area contributed by atoms with Crippen LogP contribution in [0.25, 0.3) is 0 Å². The fraction of sp³-hybridized carbons (Fsp3) is 0.500. The first-order valence-corrected chi connectivity index (χ1v) is 7.43. The zero-order chi connectivity index (χ0) is 15.4. The minimum atomic E-state index is -0.626. The summed E-state index contributed by atoms with van der Waals surface area (Å²) in [7, 11) is 1.70. The van der Waals surface area contributed by atoms with Gasteiger partial charge in [-0.05, 0) is 37.5 Å². The summed E-state index contributed by atoms with van der Waals surface area (Å²) in [4.78, 5) is 25.8. The van der Waals surface area contributed by atoms with Gasteiger partial charge in [-0.15, -0.1) is 0 Å². The molecular weight excluding hydrogens is 266 g/mol. The van der Waals surface area contributed by atoms with Crippen LogP contribution in [0.15, 0.2) is 18.2 Å². The van der Waals surface area contributed by atoms with Gasteiger partial charge in [-0.25, -0.2) is 0 Å². The summed E-state index contributed by atoms with van der Waals surface area (Å²) in [6.07, 6.45) is 5.40. The maximum Gasteiger partial charge on any atom is 0.313 e. The highest BCUT2D eigenvalue weighted by atomic mass is 16.2. The van der Waals surface area contributed by atoms with E-state index >= 15 is 0 Å². The number of nitrogens with zero attached hydrogens (tertiary/aromatic N) is 1. The molecule has 1 fully saturated rings. The van der Waals surface area contributed by atoms with Gasteiger partial charge in [0.1, 0.15) is 0 Å². The van der Waals surface area contributed by atoms with Crippen LogP contribution in [0.2, 0.25) is 0 Å². The summed E-state index contributed by atoms with van der Waals surface area (Å²) in [5, 5.41) is 2.60. The number of carbonyl (C=O) groups is 2. The Morgan fingerprint density at radius 1 is 1.24 bits per heavy atom. The third-order valence-electron chi connectivity index (χ3n) is 4.09. The molecule has 2 amide bonds. The maximum absolute atomic E-state index is 12.2. The normalized spacial score (nSPS) is 15.5. The summed E-state index contributed by atoms with van der Waals surface area (Å²) in [5.41, 5.74) is 7.81. The second-order valence-electron chi connectivity index (χ2n) is 5.75. The maximum atomic E-state index is 12.2. The average molecular weight is 289 g/mol. The lowest BCUT2D eigenvalue weighted by molar-refractivity contribution is -0.144. The highest BCUT2D eigenvalue weighted by Gasteiger charge is 2.26. The van der Waals surface area contributed by atoms with Crippen molar-refractivity contribution in [2.24, 2.45) is 0 Å². The molecule has 0 heterocycles. The third-order valence-corrected chi connectivity index (χ3v) is 4.09. The zero-order valence-electron chi connectivity index (χ0n) is 12.7. The van der Waals surface area contributed by atoms with Crippen molar-refractivity contribution in [3.05, 3.63) is 23.8 Å². The lowest BCUT2D eigenvalue weighted by Gasteiger charge is -2.30. The van der Waals surface area contributed by atoms with E-state index in [0.717, 1.165) is 31.2 Å². The smallest absolute Gasteiger partial charge is 0.313 e. The first kappa shape index (κ1) is 15.4. The van der Waals surface area contributed by atoms with Crippen LogP contribution in [0.5, 0.6) is 0 Å². The number of amides is 2. The summed E-state index contributed by atoms with van der Waals surface area (Å²) in [5.74, 6) is -1.12. The van der Waals surface area contributed by atoms with Gasteiger partial charge in [-0.1, -0.05) is 25.3 Å². The molecule has 1 aromatic rings. The van der Waals surface area contributed by atoms with E-state index in [2.05, 4.69) is 5.32 Å². The number of anilines is 2. The first-order chi connectivity index (χ1) is 9.99. The Hall–Kier alpha value is -2.04. The van der Waals surface area contributed by atoms with Crippen molar-refractivity contribution in [2.45, 2.75) is 45.1 Å². The molecular formula is C16H23N3O2. The molecule has 1 aromatic carbocycles. The molecule has 0 saturated heterocycles. The van der Waals surface area contributed by atoms with Crippen molar-refractivity contribution >= 4 is 23.2 Å². The van der Waals surface area contributed by atoms with E-state index in [9.17, 15) is 9.59 Å². The monoisotopic (exact) mass is 289 g/mol. The van der Waals surface area contributed by atoms with Gasteiger partial charge in [-0.2, -0.15) is 0 Å². The number of benzene rings is 1. The molecule has 0 unspecified atom stereocenters. The van der Waals surface area contributed by atoms with Crippen molar-refractivity contribution in [3.8, 4) is 0 Å². The van der Waals surface area contributed by atoms with Gasteiger partial charge in [-0.3, -0.25) is 9.59 Å². The van der Waals surface area contributed by atoms with E-state index < -0.39 is 11.8 Å². The molecule has 21 heavy (non-hydrogen) atoms. The highest BCUT2D eigenvalue weighted by Crippen LogP contribution is 2.23. The summed E-state index contributed by atoms with van der Waals surface area (Å²) >= 11 is 0. The summed E-state index contributed by atoms with van der Waals surface area (Å²) in [6, 6.07) is 5.51. The molecule has 2 rings (SSSR count). The Morgan fingerprint density at radius 2 is 1.90 bits per heavy atom. The van der Waals surface area contributed by atoms with Gasteiger partial charge < -0.3 is 16.0 Å². The number of nitrogen functional groups attached to an aromatic ring is 1. The number of likely N-dealkylation sites (N-methyl/N-ethyl adjacent to an activating group) is 1. The predicted octanol–water partition coefficient (Wildman–Crippen LogP) is 2.31. The van der Waals surface area contributed by atoms with E-state index in [1.807, 2.05) is 13.0 Å². The number of nitrogens with one attached hydrogen (secondary N) is 1. The molecule has 5 nitrogen and oxygen atoms in total. The van der Waals surface area contributed by atoms with Crippen molar-refractivity contribution in [1.29, 1.82) is 0 Å². The molecule has 3 N–H and O–H groups in total. The van der Waals surface area contributed by atoms with Crippen molar-refractivity contribution < 1.29 is 9.59 Å². The molecule has 0 aromatic heterocycles. The van der Waals surface area contributed by atoms with Crippen LogP contribution < -0.4 is 11.1 Å². The number of rotatable bonds is 2. The molecule has 5 heteroatoms. The van der Waals surface area contributed by atoms with E-state index in [4.69, 9.17) is 5.73 Å². The van der Waals surface area contributed by atoms with Gasteiger partial charge in [0.15, 0.2) is 0 Å². The fourth-order valence-electron chi connectivity index (χ4n) is 2.77. The Morgan fingerprint density at radius 3 is 2.52 bits per heavy atom. The van der Waals surface area contributed by atoms with Crippen LogP contribution in [0.4, 0.5) is 11.4 Å². The first-order valence-electron chi connectivity index (χ1n) is 7.43. The molecule has 0 atom stereocenters. The van der Waals surface area contributed by atoms with Crippen molar-refractivity contribution in [3.63, 3.8) is 0 Å². The Balaban J connectivity index is 2.00. The summed E-state index contributed by atoms with van der Waals surface area (Å²) in [6.45, 7) is 1.92. The minimum Gasteiger partial charge on any atom is -0.397 e. The molecule has 0 bridgehead atoms. The lowest BCUT2D eigenvalue weighted by atomic mass is 9.94. The van der Waals surface area contributed by atoms with Gasteiger partial charge in [0.05, 0.1) is 11.4 Å². The van der Waals surface area contributed by atoms with E-state index in [1.165, 1.54) is 6.42 Å². The van der Waals surface area contributed by atoms with Crippen molar-refractivity contribution in [1.82, 2.24) is 4.90 Å². The van der Waals surface area contributed by atoms with Crippen LogP contribution in [-0.4, -0.2) is 29.8 Å². The van der Waals surface area contributed by atoms with Crippen LogP contribution in [0, 0.1) is 6.92 Å². The SMILES string of the molecule is Cc1ccc(NC(=O)C(=O)N(C)C2CCCCC2)c(N)c1. The van der Waals surface area contributed by atoms with Gasteiger partial charge in [0.25, 0.3) is 0 Å².